The predicted octanol–water partition coefficient (Wildman–Crippen LogP) is 3.53. The first-order valence-electron chi connectivity index (χ1n) is 4.23. The number of aliphatic carboxylic acids is 1. The van der Waals surface area contributed by atoms with E-state index in [0.29, 0.717) is 0 Å². The average molecular weight is 638 g/mol. The molecule has 0 aliphatic rings. The van der Waals surface area contributed by atoms with Gasteiger partial charge in [-0.05, 0) is 40.3 Å². The lowest BCUT2D eigenvalue weighted by Crippen LogP contribution is -2.52. The molecule has 1 rings (SSSR count). The number of aromatic hydroxyl groups is 1. The molecule has 94 valence electrons. The Morgan fingerprint density at radius 1 is 1.24 bits per heavy atom. The van der Waals surface area contributed by atoms with Gasteiger partial charge in [0.05, 0.1) is 0 Å². The number of rotatable bonds is 4. The highest BCUT2D eigenvalue weighted by molar-refractivity contribution is 14.2. The lowest BCUT2D eigenvalue weighted by molar-refractivity contribution is -0.139. The number of alkyl halides is 3. The van der Waals surface area contributed by atoms with Gasteiger partial charge in [0.15, 0.2) is 0 Å². The highest BCUT2D eigenvalue weighted by atomic mass is 127. The summed E-state index contributed by atoms with van der Waals surface area (Å²) < 4.78 is 0.704. The first-order chi connectivity index (χ1) is 7.75. The molecular weight excluding hydrogens is 631 g/mol. The second kappa shape index (κ2) is 6.05. The predicted molar refractivity (Wildman–Crippen MR) is 94.3 cm³/mol. The van der Waals surface area contributed by atoms with Crippen LogP contribution in [0, 0.1) is 0 Å². The molecule has 17 heavy (non-hydrogen) atoms. The fourth-order valence-corrected chi connectivity index (χ4v) is 4.07. The number of hydrogen-bond donors (Lipinski definition) is 3. The Labute approximate surface area is 148 Å². The van der Waals surface area contributed by atoms with E-state index in [1.807, 2.05) is 22.6 Å². The Morgan fingerprint density at radius 2 is 1.71 bits per heavy atom. The highest BCUT2D eigenvalue weighted by Crippen LogP contribution is 2.52. The third-order valence-electron chi connectivity index (χ3n) is 2.09. The molecule has 0 saturated carbocycles. The molecule has 0 saturated heterocycles. The summed E-state index contributed by atoms with van der Waals surface area (Å²) in [5, 5.41) is 18.6. The molecule has 0 heterocycles. The summed E-state index contributed by atoms with van der Waals surface area (Å²) in [4.78, 5) is 11.4. The third kappa shape index (κ3) is 3.17. The van der Waals surface area contributed by atoms with E-state index in [1.165, 1.54) is 12.1 Å². The van der Waals surface area contributed by atoms with Gasteiger partial charge in [-0.2, -0.15) is 0 Å². The third-order valence-corrected chi connectivity index (χ3v) is 9.89. The number of phenolic OH excluding ortho intramolecular Hbond substituents is 1. The fourth-order valence-electron chi connectivity index (χ4n) is 1.10. The molecule has 0 aliphatic carbocycles. The van der Waals surface area contributed by atoms with Crippen LogP contribution in [0.2, 0.25) is 0 Å². The molecular formula is C9H7BrI3NO3. The van der Waals surface area contributed by atoms with Crippen LogP contribution in [0.3, 0.4) is 0 Å². The smallest absolute Gasteiger partial charge is 0.337 e. The van der Waals surface area contributed by atoms with Crippen LogP contribution in [0.4, 0.5) is 0 Å². The van der Waals surface area contributed by atoms with Gasteiger partial charge in [-0.15, -0.1) is 0 Å². The lowest BCUT2D eigenvalue weighted by atomic mass is 10.1. The Bertz CT molecular complexity index is 426. The summed E-state index contributed by atoms with van der Waals surface area (Å²) in [6, 6.07) is 6.48. The number of phenols is 1. The van der Waals surface area contributed by atoms with Crippen LogP contribution in [-0.4, -0.2) is 19.7 Å². The quantitative estimate of drug-likeness (QED) is 0.205. The zero-order chi connectivity index (χ0) is 13.3. The maximum Gasteiger partial charge on any atom is 0.337 e. The maximum absolute atomic E-state index is 11.4. The maximum atomic E-state index is 11.4. The van der Waals surface area contributed by atoms with Crippen molar-refractivity contribution < 1.29 is 15.0 Å². The molecule has 0 unspecified atom stereocenters. The highest BCUT2D eigenvalue weighted by Gasteiger charge is 2.53. The number of carboxylic acids is 1. The molecule has 4 nitrogen and oxygen atoms in total. The van der Waals surface area contributed by atoms with Gasteiger partial charge in [0, 0.05) is 16.1 Å². The van der Waals surface area contributed by atoms with Crippen LogP contribution in [0.15, 0.2) is 24.3 Å². The van der Waals surface area contributed by atoms with E-state index >= 15 is 0 Å². The molecule has 8 heteroatoms. The van der Waals surface area contributed by atoms with Crippen LogP contribution >= 0.6 is 83.9 Å². The number of nitrogens with one attached hydrogen (secondary N) is 1. The van der Waals surface area contributed by atoms with Crippen molar-refractivity contribution in [2.24, 2.45) is 0 Å². The molecule has 0 aromatic heterocycles. The van der Waals surface area contributed by atoms with Crippen LogP contribution in [0.25, 0.3) is 0 Å². The lowest BCUT2D eigenvalue weighted by Gasteiger charge is -2.35. The van der Waals surface area contributed by atoms with Gasteiger partial charge >= 0.3 is 5.97 Å². The first-order valence-corrected chi connectivity index (χ1v) is 8.26. The Balaban J connectivity index is 3.26. The SMILES string of the molecule is O=C(O)[C@@](I)(NBr)C(I)(I)c1ccc(O)cc1. The van der Waals surface area contributed by atoms with Crippen LogP contribution in [0.5, 0.6) is 5.75 Å². The standard InChI is InChI=1S/C9H7BrI3NO3/c10-14-9(13,7(16)17)8(11,12)5-1-3-6(15)4-2-5/h1-4,14-15H,(H,16,17)/t9-/m1/s1. The molecule has 3 N–H and O–H groups in total. The van der Waals surface area contributed by atoms with Crippen molar-refractivity contribution in [3.63, 3.8) is 0 Å². The molecule has 1 atom stereocenters. The number of hydrogen-bond acceptors (Lipinski definition) is 3. The average Bonchev–Trinajstić information content (AvgIpc) is 2.28. The van der Waals surface area contributed by atoms with Crippen LogP contribution in [-0.2, 0) is 6.22 Å². The number of carbonyl (C=O) groups is 1. The van der Waals surface area contributed by atoms with E-state index in [4.69, 9.17) is 0 Å². The van der Waals surface area contributed by atoms with Crippen molar-refractivity contribution in [1.82, 2.24) is 4.34 Å². The Morgan fingerprint density at radius 3 is 2.06 bits per heavy atom. The van der Waals surface area contributed by atoms with Crippen molar-refractivity contribution in [2.75, 3.05) is 0 Å². The summed E-state index contributed by atoms with van der Waals surface area (Å²) in [7, 11) is 0. The zero-order valence-corrected chi connectivity index (χ0v) is 16.2. The van der Waals surface area contributed by atoms with Gasteiger partial charge < -0.3 is 10.2 Å². The molecule has 0 bridgehead atoms. The Kier molecular flexibility index (Phi) is 5.76. The minimum atomic E-state index is -1.22. The van der Waals surface area contributed by atoms with Gasteiger partial charge in [-0.1, -0.05) is 57.3 Å². The second-order valence-electron chi connectivity index (χ2n) is 3.18. The molecule has 0 amide bonds. The Hall–Kier alpha value is 1.12. The number of halogens is 4. The number of carboxylic acid groups (broad SMARTS) is 1. The van der Waals surface area contributed by atoms with Crippen LogP contribution in [0.1, 0.15) is 5.56 Å². The van der Waals surface area contributed by atoms with Crippen molar-refractivity contribution in [1.29, 1.82) is 0 Å². The van der Waals surface area contributed by atoms with Gasteiger partial charge in [0.2, 0.25) is 3.55 Å². The summed E-state index contributed by atoms with van der Waals surface area (Å²) in [5.41, 5.74) is 0.792. The number of benzene rings is 1. The van der Waals surface area contributed by atoms with E-state index in [-0.39, 0.29) is 5.75 Å². The summed E-state index contributed by atoms with van der Waals surface area (Å²) in [5.74, 6) is -0.828. The van der Waals surface area contributed by atoms with E-state index in [2.05, 4.69) is 65.7 Å². The first kappa shape index (κ1) is 16.2. The van der Waals surface area contributed by atoms with Crippen molar-refractivity contribution in [3.05, 3.63) is 29.8 Å². The van der Waals surface area contributed by atoms with Gasteiger partial charge in [-0.25, -0.2) is 9.14 Å². The molecule has 1 aromatic carbocycles. The van der Waals surface area contributed by atoms with Crippen molar-refractivity contribution in [3.8, 4) is 5.75 Å². The topological polar surface area (TPSA) is 69.6 Å². The van der Waals surface area contributed by atoms with E-state index < -0.39 is 10.9 Å². The summed E-state index contributed by atoms with van der Waals surface area (Å²) >= 11 is 9.01. The second-order valence-corrected chi connectivity index (χ2v) is 10.5. The molecule has 0 spiro atoms. The van der Waals surface area contributed by atoms with E-state index in [9.17, 15) is 15.0 Å². The van der Waals surface area contributed by atoms with E-state index in [0.717, 1.165) is 5.56 Å². The molecule has 1 aromatic rings. The molecule has 0 aliphatic heterocycles. The largest absolute Gasteiger partial charge is 0.508 e. The monoisotopic (exact) mass is 637 g/mol. The summed E-state index contributed by atoms with van der Waals surface area (Å²) in [6.07, 6.45) is 0. The van der Waals surface area contributed by atoms with Crippen LogP contribution < -0.4 is 4.34 Å². The van der Waals surface area contributed by atoms with E-state index in [1.54, 1.807) is 12.1 Å². The zero-order valence-electron chi connectivity index (χ0n) is 8.12. The molecule has 0 radical (unpaired) electrons. The fraction of sp³-hybridized carbons (Fsp3) is 0.222. The van der Waals surface area contributed by atoms with Gasteiger partial charge in [0.25, 0.3) is 0 Å². The molecule has 0 fully saturated rings. The summed E-state index contributed by atoms with van der Waals surface area (Å²) in [6.45, 7) is 0. The van der Waals surface area contributed by atoms with Gasteiger partial charge in [-0.3, -0.25) is 0 Å². The van der Waals surface area contributed by atoms with Crippen molar-refractivity contribution >= 4 is 89.9 Å². The van der Waals surface area contributed by atoms with Crippen molar-refractivity contribution in [2.45, 2.75) is 4.97 Å². The van der Waals surface area contributed by atoms with Gasteiger partial charge in [0.1, 0.15) is 7.18 Å². The minimum Gasteiger partial charge on any atom is -0.508 e. The normalized spacial score (nSPS) is 15.3. The minimum absolute atomic E-state index is 0.151.